The number of fused-ring (bicyclic) bond motifs is 4. The second-order valence-corrected chi connectivity index (χ2v) is 12.6. The van der Waals surface area contributed by atoms with E-state index in [0.717, 1.165) is 73.3 Å². The zero-order valence-electron chi connectivity index (χ0n) is 23.2. The summed E-state index contributed by atoms with van der Waals surface area (Å²) in [6.45, 7) is 4.21. The molecule has 11 nitrogen and oxygen atoms in total. The Balaban J connectivity index is 1.02. The average molecular weight is 577 g/mol. The van der Waals surface area contributed by atoms with E-state index in [0.29, 0.717) is 42.8 Å². The minimum absolute atomic E-state index is 0.0301. The Morgan fingerprint density at radius 2 is 2.05 bits per heavy atom. The highest BCUT2D eigenvalue weighted by atomic mass is 32.2. The second kappa shape index (κ2) is 10.9. The zero-order chi connectivity index (χ0) is 28.0. The third kappa shape index (κ3) is 4.86. The van der Waals surface area contributed by atoms with Crippen LogP contribution in [0.4, 0.5) is 17.5 Å². The van der Waals surface area contributed by atoms with Gasteiger partial charge in [0.05, 0.1) is 23.7 Å². The highest BCUT2D eigenvalue weighted by molar-refractivity contribution is 7.99. The van der Waals surface area contributed by atoms with Crippen LogP contribution in [0.5, 0.6) is 5.75 Å². The van der Waals surface area contributed by atoms with Crippen LogP contribution >= 0.6 is 11.8 Å². The van der Waals surface area contributed by atoms with Crippen LogP contribution in [0.3, 0.4) is 0 Å². The maximum Gasteiger partial charge on any atom is 0.175 e. The van der Waals surface area contributed by atoms with Gasteiger partial charge in [0.1, 0.15) is 24.2 Å². The SMILES string of the molecule is COCOCC1CC2COc3c(Sc4ncc(N5CCC6(CC5)Cc5ncccc5[C@H]6N)nc4N)ccnc3N2C1. The fraction of sp³-hybridized carbons (Fsp3) is 0.517. The molecule has 1 aliphatic carbocycles. The van der Waals surface area contributed by atoms with Crippen LogP contribution in [0.15, 0.2) is 46.7 Å². The molecule has 1 spiro atoms. The molecule has 7 rings (SSSR count). The largest absolute Gasteiger partial charge is 0.486 e. The molecule has 4 N–H and O–H groups in total. The predicted molar refractivity (Wildman–Crippen MR) is 156 cm³/mol. The standard InChI is InChI=1S/C29H36N8O3S/c1-38-17-39-15-18-11-19-16-40-24-22(4-8-33-27(24)37(19)14-18)41-28-26(31)35-23(13-34-28)36-9-5-29(6-10-36)12-21-20(25(29)30)3-2-7-32-21/h2-4,7-8,13,18-19,25H,5-6,9-12,14-17,30H2,1H3,(H2,31,35)/t18?,19?,25-/m1/s1. The Kier molecular flexibility index (Phi) is 7.10. The summed E-state index contributed by atoms with van der Waals surface area (Å²) in [4.78, 5) is 24.3. The van der Waals surface area contributed by atoms with Gasteiger partial charge in [0.2, 0.25) is 0 Å². The van der Waals surface area contributed by atoms with Crippen molar-refractivity contribution < 1.29 is 14.2 Å². The lowest BCUT2D eigenvalue weighted by molar-refractivity contribution is -0.0414. The van der Waals surface area contributed by atoms with Gasteiger partial charge in [0.25, 0.3) is 0 Å². The molecule has 41 heavy (non-hydrogen) atoms. The average Bonchev–Trinajstić information content (AvgIpc) is 3.53. The van der Waals surface area contributed by atoms with E-state index in [-0.39, 0.29) is 11.5 Å². The van der Waals surface area contributed by atoms with Crippen LogP contribution < -0.4 is 26.0 Å². The van der Waals surface area contributed by atoms with Gasteiger partial charge in [0.15, 0.2) is 17.4 Å². The van der Waals surface area contributed by atoms with Crippen molar-refractivity contribution in [3.63, 3.8) is 0 Å². The molecule has 2 unspecified atom stereocenters. The number of pyridine rings is 2. The lowest BCUT2D eigenvalue weighted by Gasteiger charge is -2.42. The van der Waals surface area contributed by atoms with Gasteiger partial charge in [-0.3, -0.25) is 4.98 Å². The number of hydrogen-bond donors (Lipinski definition) is 2. The maximum absolute atomic E-state index is 6.73. The molecule has 0 bridgehead atoms. The lowest BCUT2D eigenvalue weighted by Crippen LogP contribution is -2.44. The molecule has 3 aromatic rings. The van der Waals surface area contributed by atoms with Gasteiger partial charge in [-0.15, -0.1) is 0 Å². The van der Waals surface area contributed by atoms with Crippen molar-refractivity contribution in [2.75, 3.05) is 62.3 Å². The Bertz CT molecular complexity index is 1420. The third-order valence-corrected chi connectivity index (χ3v) is 10.1. The molecule has 0 saturated carbocycles. The molecule has 4 aliphatic rings. The summed E-state index contributed by atoms with van der Waals surface area (Å²) in [6, 6.07) is 6.39. The van der Waals surface area contributed by atoms with Crippen molar-refractivity contribution in [3.05, 3.63) is 48.0 Å². The number of hydrogen-bond acceptors (Lipinski definition) is 12. The maximum atomic E-state index is 6.73. The highest BCUT2D eigenvalue weighted by Crippen LogP contribution is 2.50. The van der Waals surface area contributed by atoms with Gasteiger partial charge in [-0.2, -0.15) is 0 Å². The number of methoxy groups -OCH3 is 1. The number of nitrogens with two attached hydrogens (primary N) is 2. The number of rotatable bonds is 7. The van der Waals surface area contributed by atoms with Gasteiger partial charge in [0, 0.05) is 56.8 Å². The summed E-state index contributed by atoms with van der Waals surface area (Å²) < 4.78 is 16.9. The van der Waals surface area contributed by atoms with Crippen LogP contribution in [0, 0.1) is 11.3 Å². The molecular weight excluding hydrogens is 540 g/mol. The fourth-order valence-corrected chi connectivity index (χ4v) is 7.75. The minimum Gasteiger partial charge on any atom is -0.486 e. The molecule has 3 aliphatic heterocycles. The second-order valence-electron chi connectivity index (χ2n) is 11.5. The van der Waals surface area contributed by atoms with Gasteiger partial charge >= 0.3 is 0 Å². The van der Waals surface area contributed by atoms with Crippen LogP contribution in [0.1, 0.15) is 36.6 Å². The van der Waals surface area contributed by atoms with E-state index in [2.05, 4.69) is 25.8 Å². The molecular formula is C29H36N8O3S. The number of aromatic nitrogens is 4. The quantitative estimate of drug-likeness (QED) is 0.316. The first-order chi connectivity index (χ1) is 20.0. The van der Waals surface area contributed by atoms with Crippen molar-refractivity contribution in [2.45, 2.75) is 47.7 Å². The number of nitrogen functional groups attached to an aromatic ring is 1. The van der Waals surface area contributed by atoms with Gasteiger partial charge in [-0.05, 0) is 48.8 Å². The molecule has 216 valence electrons. The Morgan fingerprint density at radius 3 is 2.85 bits per heavy atom. The van der Waals surface area contributed by atoms with E-state index in [9.17, 15) is 0 Å². The number of nitrogens with zero attached hydrogens (tertiary/aromatic N) is 6. The minimum atomic E-state index is 0.0301. The smallest absolute Gasteiger partial charge is 0.175 e. The lowest BCUT2D eigenvalue weighted by atomic mass is 9.73. The number of anilines is 3. The molecule has 12 heteroatoms. The monoisotopic (exact) mass is 576 g/mol. The van der Waals surface area contributed by atoms with Crippen molar-refractivity contribution in [2.24, 2.45) is 17.1 Å². The zero-order valence-corrected chi connectivity index (χ0v) is 24.1. The Labute approximate surface area is 244 Å². The van der Waals surface area contributed by atoms with Crippen LogP contribution in [-0.2, 0) is 15.9 Å². The fourth-order valence-electron chi connectivity index (χ4n) is 6.91. The first kappa shape index (κ1) is 26.7. The first-order valence-electron chi connectivity index (χ1n) is 14.2. The molecule has 0 radical (unpaired) electrons. The molecule has 3 aromatic heterocycles. The summed E-state index contributed by atoms with van der Waals surface area (Å²) >= 11 is 1.47. The van der Waals surface area contributed by atoms with Crippen molar-refractivity contribution in [3.8, 4) is 5.75 Å². The van der Waals surface area contributed by atoms with E-state index >= 15 is 0 Å². The van der Waals surface area contributed by atoms with Crippen molar-refractivity contribution in [1.82, 2.24) is 19.9 Å². The van der Waals surface area contributed by atoms with Crippen LogP contribution in [-0.4, -0.2) is 72.7 Å². The Hall–Kier alpha value is -3.19. The molecule has 6 heterocycles. The van der Waals surface area contributed by atoms with Crippen LogP contribution in [0.2, 0.25) is 0 Å². The first-order valence-corrected chi connectivity index (χ1v) is 15.1. The summed E-state index contributed by atoms with van der Waals surface area (Å²) in [5, 5.41) is 0.660. The molecule has 0 amide bonds. The Morgan fingerprint density at radius 1 is 1.17 bits per heavy atom. The summed E-state index contributed by atoms with van der Waals surface area (Å²) in [7, 11) is 1.64. The van der Waals surface area contributed by atoms with E-state index in [4.69, 9.17) is 35.6 Å². The number of piperidine rings is 1. The number of ether oxygens (including phenoxy) is 3. The predicted octanol–water partition coefficient (Wildman–Crippen LogP) is 3.05. The van der Waals surface area contributed by atoms with E-state index in [1.54, 1.807) is 7.11 Å². The summed E-state index contributed by atoms with van der Waals surface area (Å²) in [6.07, 6.45) is 9.45. The molecule has 3 atom stereocenters. The summed E-state index contributed by atoms with van der Waals surface area (Å²) in [5.74, 6) is 3.28. The van der Waals surface area contributed by atoms with Crippen molar-refractivity contribution >= 4 is 29.2 Å². The van der Waals surface area contributed by atoms with Crippen molar-refractivity contribution in [1.29, 1.82) is 0 Å². The highest BCUT2D eigenvalue weighted by Gasteiger charge is 2.46. The van der Waals surface area contributed by atoms with Crippen LogP contribution in [0.25, 0.3) is 0 Å². The van der Waals surface area contributed by atoms with Gasteiger partial charge in [-0.25, -0.2) is 15.0 Å². The molecule has 2 saturated heterocycles. The van der Waals surface area contributed by atoms with Gasteiger partial charge in [-0.1, -0.05) is 17.8 Å². The van der Waals surface area contributed by atoms with Gasteiger partial charge < -0.3 is 35.5 Å². The molecule has 2 fully saturated rings. The molecule has 0 aromatic carbocycles. The third-order valence-electron chi connectivity index (χ3n) is 9.08. The topological polar surface area (TPSA) is 138 Å². The van der Waals surface area contributed by atoms with E-state index < -0.39 is 0 Å². The summed E-state index contributed by atoms with van der Waals surface area (Å²) in [5.41, 5.74) is 15.6. The van der Waals surface area contributed by atoms with E-state index in [1.165, 1.54) is 17.3 Å². The van der Waals surface area contributed by atoms with E-state index in [1.807, 2.05) is 30.7 Å². The normalized spacial score (nSPS) is 24.2.